The normalized spacial score (nSPS) is 10.2. The molecule has 0 aliphatic rings. The van der Waals surface area contributed by atoms with Crippen molar-refractivity contribution < 1.29 is 0 Å². The van der Waals surface area contributed by atoms with Crippen LogP contribution in [0.25, 0.3) is 0 Å². The molecule has 2 aromatic carbocycles. The van der Waals surface area contributed by atoms with Crippen molar-refractivity contribution in [3.8, 4) is 0 Å². The minimum Gasteiger partial charge on any atom is -0.0642 e. The highest BCUT2D eigenvalue weighted by Crippen LogP contribution is 2.04. The summed E-state index contributed by atoms with van der Waals surface area (Å²) in [6, 6.07) is 22.8. The summed E-state index contributed by atoms with van der Waals surface area (Å²) in [5, 5.41) is 1.48. The minimum absolute atomic E-state index is 0.956. The molecule has 0 N–H and O–H groups in total. The third-order valence-corrected chi connectivity index (χ3v) is 3.93. The molecule has 80 valence electrons. The highest BCUT2D eigenvalue weighted by atomic mass is 28.2. The van der Waals surface area contributed by atoms with E-state index in [0.717, 1.165) is 9.52 Å². The molecular formula is C15H16Si. The van der Waals surface area contributed by atoms with Crippen LogP contribution in [0.2, 0.25) is 6.04 Å². The third kappa shape index (κ3) is 3.67. The van der Waals surface area contributed by atoms with Gasteiger partial charge in [0.2, 0.25) is 0 Å². The zero-order valence-corrected chi connectivity index (χ0v) is 10.4. The molecule has 0 fully saturated rings. The summed E-state index contributed by atoms with van der Waals surface area (Å²) in [4.78, 5) is 0. The van der Waals surface area contributed by atoms with Gasteiger partial charge in [-0.2, -0.15) is 0 Å². The van der Waals surface area contributed by atoms with Crippen molar-refractivity contribution in [2.45, 2.75) is 18.9 Å². The molecule has 1 heteroatoms. The lowest BCUT2D eigenvalue weighted by Gasteiger charge is -2.01. The molecule has 0 aliphatic carbocycles. The van der Waals surface area contributed by atoms with Crippen LogP contribution in [0.15, 0.2) is 60.7 Å². The lowest BCUT2D eigenvalue weighted by Crippen LogP contribution is -2.12. The van der Waals surface area contributed by atoms with E-state index < -0.39 is 0 Å². The monoisotopic (exact) mass is 224 g/mol. The molecule has 0 unspecified atom stereocenters. The van der Waals surface area contributed by atoms with Crippen molar-refractivity contribution in [2.24, 2.45) is 0 Å². The van der Waals surface area contributed by atoms with Gasteiger partial charge in [0.1, 0.15) is 0 Å². The SMILES string of the molecule is c1ccc(CCC[Si]c2ccccc2)cc1. The molecule has 0 nitrogen and oxygen atoms in total. The number of hydrogen-bond donors (Lipinski definition) is 0. The van der Waals surface area contributed by atoms with Gasteiger partial charge in [0, 0.05) is 0 Å². The summed E-state index contributed by atoms with van der Waals surface area (Å²) in [6.07, 6.45) is 2.50. The standard InChI is InChI=1S/C15H16Si/c1-3-8-14(9-4-1)10-7-13-16-15-11-5-2-6-12-15/h1-6,8-9,11-12H,7,10,13H2. The van der Waals surface area contributed by atoms with E-state index in [1.807, 2.05) is 0 Å². The number of hydrogen-bond acceptors (Lipinski definition) is 0. The maximum atomic E-state index is 2.22. The molecule has 16 heavy (non-hydrogen) atoms. The van der Waals surface area contributed by atoms with Crippen LogP contribution in [0.1, 0.15) is 12.0 Å². The highest BCUT2D eigenvalue weighted by molar-refractivity contribution is 6.53. The highest BCUT2D eigenvalue weighted by Gasteiger charge is 1.95. The maximum Gasteiger partial charge on any atom is 0.0808 e. The van der Waals surface area contributed by atoms with E-state index in [2.05, 4.69) is 60.7 Å². The zero-order chi connectivity index (χ0) is 11.1. The van der Waals surface area contributed by atoms with Crippen LogP contribution >= 0.6 is 0 Å². The number of rotatable bonds is 5. The van der Waals surface area contributed by atoms with Gasteiger partial charge >= 0.3 is 0 Å². The van der Waals surface area contributed by atoms with Crippen LogP contribution in [-0.2, 0) is 6.42 Å². The van der Waals surface area contributed by atoms with E-state index in [9.17, 15) is 0 Å². The van der Waals surface area contributed by atoms with Gasteiger partial charge in [-0.25, -0.2) is 0 Å². The van der Waals surface area contributed by atoms with Gasteiger partial charge in [-0.15, -0.1) is 0 Å². The second-order valence-corrected chi connectivity index (χ2v) is 5.31. The largest absolute Gasteiger partial charge is 0.0808 e. The fraction of sp³-hybridized carbons (Fsp3) is 0.200. The van der Waals surface area contributed by atoms with Crippen LogP contribution < -0.4 is 5.19 Å². The van der Waals surface area contributed by atoms with Gasteiger partial charge in [0.15, 0.2) is 0 Å². The Hall–Kier alpha value is -1.34. The molecule has 0 bridgehead atoms. The molecule has 0 aromatic heterocycles. The Bertz CT molecular complexity index is 353. The fourth-order valence-corrected chi connectivity index (χ4v) is 2.80. The number of aryl methyl sites for hydroxylation is 1. The second kappa shape index (κ2) is 6.29. The lowest BCUT2D eigenvalue weighted by atomic mass is 10.1. The molecule has 2 rings (SSSR count). The predicted octanol–water partition coefficient (Wildman–Crippen LogP) is 3.07. The Morgan fingerprint density at radius 3 is 2.06 bits per heavy atom. The van der Waals surface area contributed by atoms with Gasteiger partial charge in [-0.3, -0.25) is 0 Å². The van der Waals surface area contributed by atoms with Crippen LogP contribution in [0.5, 0.6) is 0 Å². The van der Waals surface area contributed by atoms with Crippen molar-refractivity contribution in [1.82, 2.24) is 0 Å². The molecule has 0 amide bonds. The molecule has 0 heterocycles. The van der Waals surface area contributed by atoms with E-state index in [1.165, 1.54) is 29.6 Å². The quantitative estimate of drug-likeness (QED) is 0.541. The summed E-state index contributed by atoms with van der Waals surface area (Å²) in [7, 11) is 0.956. The number of benzene rings is 2. The van der Waals surface area contributed by atoms with E-state index in [1.54, 1.807) is 0 Å². The predicted molar refractivity (Wildman–Crippen MR) is 71.4 cm³/mol. The molecule has 0 saturated carbocycles. The van der Waals surface area contributed by atoms with Crippen molar-refractivity contribution in [2.75, 3.05) is 0 Å². The summed E-state index contributed by atoms with van der Waals surface area (Å²) < 4.78 is 0. The molecule has 2 radical (unpaired) electrons. The maximum absolute atomic E-state index is 2.22. The first kappa shape index (κ1) is 11.2. The Morgan fingerprint density at radius 2 is 1.38 bits per heavy atom. The van der Waals surface area contributed by atoms with Crippen molar-refractivity contribution >= 4 is 14.7 Å². The zero-order valence-electron chi connectivity index (χ0n) is 9.39. The van der Waals surface area contributed by atoms with Gasteiger partial charge in [-0.1, -0.05) is 78.3 Å². The summed E-state index contributed by atoms with van der Waals surface area (Å²) in [6.45, 7) is 0. The van der Waals surface area contributed by atoms with E-state index >= 15 is 0 Å². The Morgan fingerprint density at radius 1 is 0.750 bits per heavy atom. The molecule has 0 atom stereocenters. The van der Waals surface area contributed by atoms with E-state index in [-0.39, 0.29) is 0 Å². The van der Waals surface area contributed by atoms with Gasteiger partial charge in [0.05, 0.1) is 9.52 Å². The van der Waals surface area contributed by atoms with Gasteiger partial charge < -0.3 is 0 Å². The molecular weight excluding hydrogens is 208 g/mol. The molecule has 0 spiro atoms. The van der Waals surface area contributed by atoms with Gasteiger partial charge in [0.25, 0.3) is 0 Å². The molecule has 2 aromatic rings. The smallest absolute Gasteiger partial charge is 0.0642 e. The average molecular weight is 224 g/mol. The van der Waals surface area contributed by atoms with E-state index in [0.29, 0.717) is 0 Å². The average Bonchev–Trinajstić information content (AvgIpc) is 2.37. The molecule has 0 aliphatic heterocycles. The van der Waals surface area contributed by atoms with Crippen molar-refractivity contribution in [3.63, 3.8) is 0 Å². The summed E-state index contributed by atoms with van der Waals surface area (Å²) in [5.41, 5.74) is 1.46. The minimum atomic E-state index is 0.956. The van der Waals surface area contributed by atoms with Crippen molar-refractivity contribution in [3.05, 3.63) is 66.2 Å². The topological polar surface area (TPSA) is 0 Å². The van der Waals surface area contributed by atoms with Gasteiger partial charge in [-0.05, 0) is 12.0 Å². The summed E-state index contributed by atoms with van der Waals surface area (Å²) >= 11 is 0. The Kier molecular flexibility index (Phi) is 4.38. The Balaban J connectivity index is 1.70. The van der Waals surface area contributed by atoms with E-state index in [4.69, 9.17) is 0 Å². The summed E-state index contributed by atoms with van der Waals surface area (Å²) in [5.74, 6) is 0. The first-order valence-corrected chi connectivity index (χ1v) is 6.99. The Labute approximate surface area is 100 Å². The lowest BCUT2D eigenvalue weighted by molar-refractivity contribution is 0.916. The van der Waals surface area contributed by atoms with Crippen LogP contribution in [0.3, 0.4) is 0 Å². The third-order valence-electron chi connectivity index (χ3n) is 2.59. The second-order valence-electron chi connectivity index (χ2n) is 3.88. The van der Waals surface area contributed by atoms with Crippen LogP contribution in [0.4, 0.5) is 0 Å². The van der Waals surface area contributed by atoms with Crippen molar-refractivity contribution in [1.29, 1.82) is 0 Å². The fourth-order valence-electron chi connectivity index (χ4n) is 1.73. The first-order chi connectivity index (χ1) is 7.95. The van der Waals surface area contributed by atoms with Crippen LogP contribution in [0, 0.1) is 0 Å². The first-order valence-electron chi connectivity index (χ1n) is 5.78. The molecule has 0 saturated heterocycles. The van der Waals surface area contributed by atoms with Crippen LogP contribution in [-0.4, -0.2) is 9.52 Å².